The molecule has 1 aliphatic carbocycles. The lowest BCUT2D eigenvalue weighted by molar-refractivity contribution is -0.137. The zero-order valence-corrected chi connectivity index (χ0v) is 14.9. The third-order valence-electron chi connectivity index (χ3n) is 6.38. The highest BCUT2D eigenvalue weighted by Crippen LogP contribution is 2.26. The molecule has 0 aromatic rings. The van der Waals surface area contributed by atoms with Crippen molar-refractivity contribution in [1.29, 1.82) is 0 Å². The first-order chi connectivity index (χ1) is 11.1. The Hall–Kier alpha value is -0.650. The van der Waals surface area contributed by atoms with E-state index in [-0.39, 0.29) is 12.0 Å². The van der Waals surface area contributed by atoms with Gasteiger partial charge in [0.2, 0.25) is 5.91 Å². The van der Waals surface area contributed by atoms with Crippen molar-refractivity contribution in [2.75, 3.05) is 39.3 Å². The number of hydrogen-bond donors (Lipinski definition) is 1. The van der Waals surface area contributed by atoms with E-state index in [1.807, 2.05) is 0 Å². The molecule has 4 unspecified atom stereocenters. The molecule has 2 N–H and O–H groups in total. The minimum absolute atomic E-state index is 0.0906. The molecule has 0 bridgehead atoms. The number of nitrogens with zero attached hydrogens (tertiary/aromatic N) is 3. The maximum absolute atomic E-state index is 12.6. The van der Waals surface area contributed by atoms with Crippen LogP contribution >= 0.6 is 0 Å². The van der Waals surface area contributed by atoms with Crippen molar-refractivity contribution in [3.8, 4) is 0 Å². The summed E-state index contributed by atoms with van der Waals surface area (Å²) in [6.07, 6.45) is 5.80. The van der Waals surface area contributed by atoms with Crippen molar-refractivity contribution in [2.24, 2.45) is 11.7 Å². The van der Waals surface area contributed by atoms with E-state index in [0.29, 0.717) is 5.91 Å². The van der Waals surface area contributed by atoms with Crippen molar-refractivity contribution >= 4 is 5.91 Å². The van der Waals surface area contributed by atoms with Crippen LogP contribution in [0.1, 0.15) is 46.0 Å². The van der Waals surface area contributed by atoms with Gasteiger partial charge >= 0.3 is 0 Å². The summed E-state index contributed by atoms with van der Waals surface area (Å²) in [5.74, 6) is 0.407. The van der Waals surface area contributed by atoms with Crippen LogP contribution in [0.4, 0.5) is 0 Å². The summed E-state index contributed by atoms with van der Waals surface area (Å²) in [6, 6.07) is 1.56. The van der Waals surface area contributed by atoms with Crippen molar-refractivity contribution < 1.29 is 4.79 Å². The molecule has 2 aliphatic heterocycles. The number of amides is 1. The molecule has 5 heteroatoms. The van der Waals surface area contributed by atoms with E-state index in [9.17, 15) is 4.79 Å². The lowest BCUT2D eigenvalue weighted by Crippen LogP contribution is -2.53. The molecule has 132 valence electrons. The van der Waals surface area contributed by atoms with Crippen LogP contribution in [0, 0.1) is 5.92 Å². The number of hydrogen-bond acceptors (Lipinski definition) is 4. The Labute approximate surface area is 141 Å². The van der Waals surface area contributed by atoms with Gasteiger partial charge in [-0.3, -0.25) is 14.6 Å². The normalized spacial score (nSPS) is 36.7. The molecule has 0 radical (unpaired) electrons. The number of carbonyl (C=O) groups excluding carboxylic acids is 1. The highest BCUT2D eigenvalue weighted by atomic mass is 16.2. The van der Waals surface area contributed by atoms with Gasteiger partial charge in [-0.25, -0.2) is 0 Å². The molecule has 0 spiro atoms. The third kappa shape index (κ3) is 3.89. The van der Waals surface area contributed by atoms with Gasteiger partial charge in [0.05, 0.1) is 5.92 Å². The van der Waals surface area contributed by atoms with Crippen LogP contribution in [0.25, 0.3) is 0 Å². The monoisotopic (exact) mass is 322 g/mol. The molecular formula is C18H34N4O. The molecule has 0 aromatic carbocycles. The second-order valence-electron chi connectivity index (χ2n) is 7.88. The number of nitrogens with two attached hydrogens (primary N) is 1. The Morgan fingerprint density at radius 3 is 2.17 bits per heavy atom. The first kappa shape index (κ1) is 17.2. The van der Waals surface area contributed by atoms with Crippen molar-refractivity contribution in [3.05, 3.63) is 0 Å². The van der Waals surface area contributed by atoms with E-state index < -0.39 is 0 Å². The number of rotatable bonds is 4. The molecule has 2 heterocycles. The Morgan fingerprint density at radius 2 is 1.61 bits per heavy atom. The van der Waals surface area contributed by atoms with Crippen molar-refractivity contribution in [2.45, 2.75) is 64.1 Å². The molecule has 3 aliphatic rings. The van der Waals surface area contributed by atoms with Crippen LogP contribution in [-0.2, 0) is 4.79 Å². The standard InChI is InChI=1S/C18H34N4O/c1-14-6-7-15(2)22(14)13-10-20-8-11-21(12-9-20)18(23)16-4-3-5-17(16)19/h14-17H,3-13,19H2,1-2H3. The van der Waals surface area contributed by atoms with Crippen molar-refractivity contribution in [1.82, 2.24) is 14.7 Å². The van der Waals surface area contributed by atoms with Gasteiger partial charge in [-0.1, -0.05) is 6.42 Å². The Morgan fingerprint density at radius 1 is 0.957 bits per heavy atom. The molecule has 4 atom stereocenters. The summed E-state index contributed by atoms with van der Waals surface area (Å²) < 4.78 is 0. The summed E-state index contributed by atoms with van der Waals surface area (Å²) in [7, 11) is 0. The Kier molecular flexibility index (Phi) is 5.60. The average molecular weight is 322 g/mol. The maximum Gasteiger partial charge on any atom is 0.227 e. The Balaban J connectivity index is 1.41. The summed E-state index contributed by atoms with van der Waals surface area (Å²) in [5, 5.41) is 0. The molecule has 3 rings (SSSR count). The van der Waals surface area contributed by atoms with Gasteiger partial charge in [0, 0.05) is 57.4 Å². The zero-order valence-electron chi connectivity index (χ0n) is 14.9. The highest BCUT2D eigenvalue weighted by Gasteiger charge is 2.34. The minimum Gasteiger partial charge on any atom is -0.340 e. The molecule has 1 saturated carbocycles. The summed E-state index contributed by atoms with van der Waals surface area (Å²) in [4.78, 5) is 19.8. The van der Waals surface area contributed by atoms with Crippen LogP contribution < -0.4 is 5.73 Å². The fraction of sp³-hybridized carbons (Fsp3) is 0.944. The minimum atomic E-state index is 0.0906. The lowest BCUT2D eigenvalue weighted by atomic mass is 10.0. The molecule has 2 saturated heterocycles. The fourth-order valence-corrected chi connectivity index (χ4v) is 4.67. The van der Waals surface area contributed by atoms with Crippen molar-refractivity contribution in [3.63, 3.8) is 0 Å². The van der Waals surface area contributed by atoms with E-state index in [0.717, 1.165) is 64.1 Å². The summed E-state index contributed by atoms with van der Waals surface area (Å²) in [5.41, 5.74) is 6.09. The molecule has 3 fully saturated rings. The van der Waals surface area contributed by atoms with Gasteiger partial charge < -0.3 is 10.6 Å². The van der Waals surface area contributed by atoms with E-state index in [2.05, 4.69) is 28.5 Å². The summed E-state index contributed by atoms with van der Waals surface area (Å²) >= 11 is 0. The number of likely N-dealkylation sites (tertiary alicyclic amines) is 1. The van der Waals surface area contributed by atoms with E-state index in [4.69, 9.17) is 5.73 Å². The SMILES string of the molecule is CC1CCC(C)N1CCN1CCN(C(=O)C2CCCC2N)CC1. The van der Waals surface area contributed by atoms with Gasteiger partial charge in [0.25, 0.3) is 0 Å². The first-order valence-corrected chi connectivity index (χ1v) is 9.58. The van der Waals surface area contributed by atoms with E-state index in [1.54, 1.807) is 0 Å². The second-order valence-corrected chi connectivity index (χ2v) is 7.88. The van der Waals surface area contributed by atoms with Gasteiger partial charge in [0.15, 0.2) is 0 Å². The fourth-order valence-electron chi connectivity index (χ4n) is 4.67. The smallest absolute Gasteiger partial charge is 0.227 e. The number of piperazine rings is 1. The Bertz CT molecular complexity index is 398. The van der Waals surface area contributed by atoms with Gasteiger partial charge in [-0.2, -0.15) is 0 Å². The van der Waals surface area contributed by atoms with Crippen LogP contribution in [0.2, 0.25) is 0 Å². The topological polar surface area (TPSA) is 52.8 Å². The van der Waals surface area contributed by atoms with Crippen LogP contribution in [-0.4, -0.2) is 78.0 Å². The lowest BCUT2D eigenvalue weighted by Gasteiger charge is -2.37. The zero-order chi connectivity index (χ0) is 16.4. The van der Waals surface area contributed by atoms with Crippen LogP contribution in [0.5, 0.6) is 0 Å². The quantitative estimate of drug-likeness (QED) is 0.843. The highest BCUT2D eigenvalue weighted by molar-refractivity contribution is 5.80. The van der Waals surface area contributed by atoms with Crippen LogP contribution in [0.15, 0.2) is 0 Å². The molecular weight excluding hydrogens is 288 g/mol. The van der Waals surface area contributed by atoms with Gasteiger partial charge in [0.1, 0.15) is 0 Å². The molecule has 1 amide bonds. The molecule has 5 nitrogen and oxygen atoms in total. The molecule has 0 aromatic heterocycles. The summed E-state index contributed by atoms with van der Waals surface area (Å²) in [6.45, 7) is 10.8. The van der Waals surface area contributed by atoms with E-state index >= 15 is 0 Å². The van der Waals surface area contributed by atoms with Gasteiger partial charge in [-0.05, 0) is 39.5 Å². The first-order valence-electron chi connectivity index (χ1n) is 9.58. The third-order valence-corrected chi connectivity index (χ3v) is 6.38. The predicted octanol–water partition coefficient (Wildman–Crippen LogP) is 1.13. The second kappa shape index (κ2) is 7.49. The average Bonchev–Trinajstić information content (AvgIpc) is 3.11. The number of carbonyl (C=O) groups is 1. The largest absolute Gasteiger partial charge is 0.340 e. The van der Waals surface area contributed by atoms with Gasteiger partial charge in [-0.15, -0.1) is 0 Å². The van der Waals surface area contributed by atoms with E-state index in [1.165, 1.54) is 19.4 Å². The molecule has 23 heavy (non-hydrogen) atoms. The van der Waals surface area contributed by atoms with Crippen LogP contribution in [0.3, 0.4) is 0 Å². The predicted molar refractivity (Wildman–Crippen MR) is 93.2 cm³/mol. The maximum atomic E-state index is 12.6.